The molecule has 5 nitrogen and oxygen atoms in total. The van der Waals surface area contributed by atoms with Gasteiger partial charge in [0.25, 0.3) is 0 Å². The molecule has 0 amide bonds. The molecule has 0 radical (unpaired) electrons. The van der Waals surface area contributed by atoms with E-state index in [1.54, 1.807) is 24.9 Å². The molecule has 0 saturated heterocycles. The number of carbonyl (C=O) groups is 2. The highest BCUT2D eigenvalue weighted by atomic mass is 16.5. The van der Waals surface area contributed by atoms with Crippen molar-refractivity contribution < 1.29 is 14.3 Å². The summed E-state index contributed by atoms with van der Waals surface area (Å²) in [6.45, 7) is 1.70. The number of methoxy groups -OCH3 is 1. The average molecular weight is 210 g/mol. The zero-order valence-electron chi connectivity index (χ0n) is 9.06. The van der Waals surface area contributed by atoms with Gasteiger partial charge in [-0.3, -0.25) is 14.3 Å². The summed E-state index contributed by atoms with van der Waals surface area (Å²) in [5, 5.41) is 3.90. The van der Waals surface area contributed by atoms with Crippen molar-refractivity contribution in [2.45, 2.75) is 13.3 Å². The second kappa shape index (κ2) is 4.72. The van der Waals surface area contributed by atoms with Crippen molar-refractivity contribution in [3.63, 3.8) is 0 Å². The van der Waals surface area contributed by atoms with Crippen molar-refractivity contribution in [3.8, 4) is 0 Å². The van der Waals surface area contributed by atoms with Gasteiger partial charge >= 0.3 is 5.97 Å². The van der Waals surface area contributed by atoms with Crippen molar-refractivity contribution in [1.29, 1.82) is 0 Å². The van der Waals surface area contributed by atoms with Gasteiger partial charge in [0.15, 0.2) is 5.78 Å². The van der Waals surface area contributed by atoms with Gasteiger partial charge in [-0.25, -0.2) is 0 Å². The molecule has 0 aromatic carbocycles. The van der Waals surface area contributed by atoms with Gasteiger partial charge in [-0.1, -0.05) is 6.92 Å². The molecule has 0 N–H and O–H groups in total. The number of carbonyl (C=O) groups excluding carboxylic acids is 2. The predicted molar refractivity (Wildman–Crippen MR) is 53.3 cm³/mol. The topological polar surface area (TPSA) is 61.2 Å². The lowest BCUT2D eigenvalue weighted by molar-refractivity contribution is -0.141. The van der Waals surface area contributed by atoms with Gasteiger partial charge in [0.05, 0.1) is 25.3 Å². The van der Waals surface area contributed by atoms with E-state index in [9.17, 15) is 9.59 Å². The van der Waals surface area contributed by atoms with Crippen molar-refractivity contribution in [2.24, 2.45) is 13.0 Å². The zero-order chi connectivity index (χ0) is 11.4. The molecule has 15 heavy (non-hydrogen) atoms. The summed E-state index contributed by atoms with van der Waals surface area (Å²) in [4.78, 5) is 22.7. The van der Waals surface area contributed by atoms with Crippen LogP contribution in [0.3, 0.4) is 0 Å². The third-order valence-electron chi connectivity index (χ3n) is 2.14. The number of Topliss-reactive ketones (excluding diaryl/α,β-unsaturated/α-hetero) is 1. The van der Waals surface area contributed by atoms with E-state index in [2.05, 4.69) is 9.84 Å². The van der Waals surface area contributed by atoms with Gasteiger partial charge in [-0.05, 0) is 0 Å². The first kappa shape index (κ1) is 11.4. The maximum Gasteiger partial charge on any atom is 0.306 e. The second-order valence-electron chi connectivity index (χ2n) is 3.45. The number of esters is 1. The van der Waals surface area contributed by atoms with Crippen LogP contribution in [0.2, 0.25) is 0 Å². The smallest absolute Gasteiger partial charge is 0.306 e. The molecule has 1 aromatic rings. The lowest BCUT2D eigenvalue weighted by Gasteiger charge is -2.06. The summed E-state index contributed by atoms with van der Waals surface area (Å²) >= 11 is 0. The fraction of sp³-hybridized carbons (Fsp3) is 0.500. The maximum absolute atomic E-state index is 11.7. The number of ether oxygens (including phenoxy) is 1. The molecular formula is C10H14N2O3. The maximum atomic E-state index is 11.7. The Kier molecular flexibility index (Phi) is 3.60. The van der Waals surface area contributed by atoms with E-state index in [0.717, 1.165) is 0 Å². The lowest BCUT2D eigenvalue weighted by atomic mass is 9.99. The monoisotopic (exact) mass is 210 g/mol. The van der Waals surface area contributed by atoms with Crippen molar-refractivity contribution in [2.75, 3.05) is 7.11 Å². The standard InChI is InChI=1S/C10H14N2O3/c1-7(4-9(13)15-3)10(14)8-5-11-12(2)6-8/h5-7H,4H2,1-3H3. The van der Waals surface area contributed by atoms with Gasteiger partial charge in [-0.15, -0.1) is 0 Å². The van der Waals surface area contributed by atoms with Gasteiger partial charge in [0, 0.05) is 19.2 Å². The molecule has 82 valence electrons. The summed E-state index contributed by atoms with van der Waals surface area (Å²) in [5.41, 5.74) is 0.522. The quantitative estimate of drug-likeness (QED) is 0.544. The fourth-order valence-electron chi connectivity index (χ4n) is 1.26. The third kappa shape index (κ3) is 2.90. The van der Waals surface area contributed by atoms with Gasteiger partial charge in [0.2, 0.25) is 0 Å². The number of aromatic nitrogens is 2. The molecule has 0 saturated carbocycles. The van der Waals surface area contributed by atoms with Crippen LogP contribution in [-0.2, 0) is 16.6 Å². The van der Waals surface area contributed by atoms with Gasteiger partial charge in [0.1, 0.15) is 0 Å². The highest BCUT2D eigenvalue weighted by molar-refractivity contribution is 5.98. The van der Waals surface area contributed by atoms with Crippen molar-refractivity contribution in [3.05, 3.63) is 18.0 Å². The largest absolute Gasteiger partial charge is 0.469 e. The van der Waals surface area contributed by atoms with E-state index in [1.807, 2.05) is 0 Å². The number of hydrogen-bond acceptors (Lipinski definition) is 4. The Morgan fingerprint density at radius 1 is 1.60 bits per heavy atom. The lowest BCUT2D eigenvalue weighted by Crippen LogP contribution is -2.16. The van der Waals surface area contributed by atoms with E-state index in [4.69, 9.17) is 0 Å². The Labute approximate surface area is 88.0 Å². The molecule has 5 heteroatoms. The third-order valence-corrected chi connectivity index (χ3v) is 2.14. The zero-order valence-corrected chi connectivity index (χ0v) is 9.06. The van der Waals surface area contributed by atoms with E-state index >= 15 is 0 Å². The van der Waals surface area contributed by atoms with E-state index in [0.29, 0.717) is 5.56 Å². The van der Waals surface area contributed by atoms with Crippen LogP contribution in [0.5, 0.6) is 0 Å². The van der Waals surface area contributed by atoms with Crippen LogP contribution in [0.1, 0.15) is 23.7 Å². The molecule has 1 rings (SSSR count). The summed E-state index contributed by atoms with van der Waals surface area (Å²) in [6.07, 6.45) is 3.23. The molecule has 0 aliphatic rings. The average Bonchev–Trinajstić information content (AvgIpc) is 2.63. The number of rotatable bonds is 4. The Bertz CT molecular complexity index is 370. The van der Waals surface area contributed by atoms with Crippen LogP contribution in [-0.4, -0.2) is 28.6 Å². The molecular weight excluding hydrogens is 196 g/mol. The molecule has 0 fully saturated rings. The van der Waals surface area contributed by atoms with E-state index in [-0.39, 0.29) is 24.1 Å². The van der Waals surface area contributed by atoms with Crippen LogP contribution in [0.15, 0.2) is 12.4 Å². The number of ketones is 1. The molecule has 1 aromatic heterocycles. The van der Waals surface area contributed by atoms with Crippen LogP contribution in [0, 0.1) is 5.92 Å². The first-order chi connectivity index (χ1) is 7.04. The molecule has 0 spiro atoms. The van der Waals surface area contributed by atoms with Crippen LogP contribution >= 0.6 is 0 Å². The fourth-order valence-corrected chi connectivity index (χ4v) is 1.26. The SMILES string of the molecule is COC(=O)CC(C)C(=O)c1cnn(C)c1. The first-order valence-corrected chi connectivity index (χ1v) is 4.64. The Balaban J connectivity index is 2.64. The molecule has 1 atom stereocenters. The summed E-state index contributed by atoms with van der Waals surface area (Å²) in [5.74, 6) is -0.838. The van der Waals surface area contributed by atoms with Crippen LogP contribution in [0.4, 0.5) is 0 Å². The molecule has 0 aliphatic carbocycles. The van der Waals surface area contributed by atoms with E-state index in [1.165, 1.54) is 13.3 Å². The minimum atomic E-state index is -0.375. The Morgan fingerprint density at radius 2 is 2.27 bits per heavy atom. The molecule has 0 bridgehead atoms. The summed E-state index contributed by atoms with van der Waals surface area (Å²) in [7, 11) is 3.05. The highest BCUT2D eigenvalue weighted by Crippen LogP contribution is 2.11. The van der Waals surface area contributed by atoms with E-state index < -0.39 is 0 Å². The van der Waals surface area contributed by atoms with Crippen molar-refractivity contribution in [1.82, 2.24) is 9.78 Å². The first-order valence-electron chi connectivity index (χ1n) is 4.64. The molecule has 1 unspecified atom stereocenters. The van der Waals surface area contributed by atoms with Crippen molar-refractivity contribution >= 4 is 11.8 Å². The highest BCUT2D eigenvalue weighted by Gasteiger charge is 2.19. The number of nitrogens with zero attached hydrogens (tertiary/aromatic N) is 2. The van der Waals surface area contributed by atoms with Gasteiger partial charge in [-0.2, -0.15) is 5.10 Å². The summed E-state index contributed by atoms with van der Waals surface area (Å²) < 4.78 is 6.05. The number of hydrogen-bond donors (Lipinski definition) is 0. The van der Waals surface area contributed by atoms with Gasteiger partial charge < -0.3 is 4.74 Å². The molecule has 1 heterocycles. The van der Waals surface area contributed by atoms with Crippen LogP contribution < -0.4 is 0 Å². The normalized spacial score (nSPS) is 12.2. The Hall–Kier alpha value is -1.65. The molecule has 0 aliphatic heterocycles. The second-order valence-corrected chi connectivity index (χ2v) is 3.45. The predicted octanol–water partition coefficient (Wildman–Crippen LogP) is 0.802. The summed E-state index contributed by atoms with van der Waals surface area (Å²) in [6, 6.07) is 0. The van der Waals surface area contributed by atoms with Crippen LogP contribution in [0.25, 0.3) is 0 Å². The minimum Gasteiger partial charge on any atom is -0.469 e. The minimum absolute atomic E-state index is 0.0894. The number of aryl methyl sites for hydroxylation is 1. The Morgan fingerprint density at radius 3 is 2.73 bits per heavy atom.